The van der Waals surface area contributed by atoms with Gasteiger partial charge in [0.15, 0.2) is 0 Å². The molecule has 0 saturated carbocycles. The summed E-state index contributed by atoms with van der Waals surface area (Å²) < 4.78 is 0. The highest BCUT2D eigenvalue weighted by Gasteiger charge is 2.42. The molecule has 0 spiro atoms. The third-order valence-corrected chi connectivity index (χ3v) is 5.78. The van der Waals surface area contributed by atoms with Gasteiger partial charge in [0, 0.05) is 51.5 Å². The van der Waals surface area contributed by atoms with E-state index in [0.717, 1.165) is 10.6 Å². The number of nitrogens with zero attached hydrogens (tertiary/aromatic N) is 3. The van der Waals surface area contributed by atoms with Crippen molar-refractivity contribution in [2.24, 2.45) is 5.92 Å². The third kappa shape index (κ3) is 4.60. The Labute approximate surface area is 169 Å². The maximum atomic E-state index is 13.1. The summed E-state index contributed by atoms with van der Waals surface area (Å²) in [4.78, 5) is 41.5. The van der Waals surface area contributed by atoms with Crippen molar-refractivity contribution in [1.82, 2.24) is 20.6 Å². The molecule has 1 unspecified atom stereocenters. The number of hydrogen-bond donors (Lipinski definition) is 4. The summed E-state index contributed by atoms with van der Waals surface area (Å²) in [7, 11) is 1.42. The van der Waals surface area contributed by atoms with Crippen LogP contribution in [-0.4, -0.2) is 89.9 Å². The number of hydrogen-bond acceptors (Lipinski definition) is 6. The molecule has 0 aromatic heterocycles. The van der Waals surface area contributed by atoms with Crippen LogP contribution in [0.15, 0.2) is 30.3 Å². The summed E-state index contributed by atoms with van der Waals surface area (Å²) in [6.07, 6.45) is -0.954. The third-order valence-electron chi connectivity index (χ3n) is 5.78. The molecule has 3 amide bonds. The maximum absolute atomic E-state index is 13.1. The van der Waals surface area contributed by atoms with E-state index in [-0.39, 0.29) is 18.9 Å². The molecule has 0 bridgehead atoms. The van der Waals surface area contributed by atoms with Crippen LogP contribution in [0.4, 0.5) is 10.5 Å². The molecule has 29 heavy (non-hydrogen) atoms. The molecule has 10 heteroatoms. The molecule has 3 rings (SSSR count). The van der Waals surface area contributed by atoms with Crippen molar-refractivity contribution >= 4 is 23.6 Å². The molecule has 0 radical (unpaired) electrons. The van der Waals surface area contributed by atoms with Gasteiger partial charge in [-0.2, -0.15) is 0 Å². The second kappa shape index (κ2) is 9.10. The van der Waals surface area contributed by atoms with Gasteiger partial charge in [-0.1, -0.05) is 18.2 Å². The number of likely N-dealkylation sites (N-methyl/N-ethyl adjacent to an activating group) is 1. The smallest absolute Gasteiger partial charge is 0.407 e. The molecule has 1 aromatic rings. The van der Waals surface area contributed by atoms with Crippen molar-refractivity contribution in [3.05, 3.63) is 30.3 Å². The molecule has 1 aromatic carbocycles. The number of piperidine rings is 1. The second-order valence-corrected chi connectivity index (χ2v) is 7.40. The van der Waals surface area contributed by atoms with Crippen LogP contribution in [0.25, 0.3) is 0 Å². The molecule has 10 nitrogen and oxygen atoms in total. The van der Waals surface area contributed by atoms with E-state index in [0.29, 0.717) is 26.2 Å². The minimum Gasteiger partial charge on any atom is -0.465 e. The molecule has 3 atom stereocenters. The SMILES string of the molecule is CN(C(=O)O)C1CN[C@H](C(=O)N2CCN(c3ccccc3)CC2)[C@@H](C(=O)NO)C1. The summed E-state index contributed by atoms with van der Waals surface area (Å²) >= 11 is 0. The van der Waals surface area contributed by atoms with Crippen LogP contribution >= 0.6 is 0 Å². The number of amides is 3. The van der Waals surface area contributed by atoms with E-state index < -0.39 is 30.0 Å². The van der Waals surface area contributed by atoms with Crippen molar-refractivity contribution in [3.8, 4) is 0 Å². The van der Waals surface area contributed by atoms with E-state index >= 15 is 0 Å². The minimum atomic E-state index is -1.11. The lowest BCUT2D eigenvalue weighted by Gasteiger charge is -2.42. The summed E-state index contributed by atoms with van der Waals surface area (Å²) in [6.45, 7) is 2.68. The highest BCUT2D eigenvalue weighted by atomic mass is 16.5. The number of carboxylic acid groups (broad SMARTS) is 1. The van der Waals surface area contributed by atoms with Gasteiger partial charge in [0.25, 0.3) is 0 Å². The Kier molecular flexibility index (Phi) is 6.55. The number of anilines is 1. The van der Waals surface area contributed by atoms with E-state index in [1.165, 1.54) is 7.05 Å². The quantitative estimate of drug-likeness (QED) is 0.404. The number of hydroxylamine groups is 1. The summed E-state index contributed by atoms with van der Waals surface area (Å²) in [5.74, 6) is -1.76. The summed E-state index contributed by atoms with van der Waals surface area (Å²) in [6, 6.07) is 8.70. The average Bonchev–Trinajstić information content (AvgIpc) is 2.77. The molecular formula is C19H27N5O5. The lowest BCUT2D eigenvalue weighted by atomic mass is 9.86. The first-order chi connectivity index (χ1) is 13.9. The molecule has 2 fully saturated rings. The van der Waals surface area contributed by atoms with Gasteiger partial charge >= 0.3 is 6.09 Å². The van der Waals surface area contributed by atoms with Crippen LogP contribution in [0.3, 0.4) is 0 Å². The first kappa shape index (κ1) is 20.9. The Morgan fingerprint density at radius 1 is 1.14 bits per heavy atom. The Morgan fingerprint density at radius 3 is 2.38 bits per heavy atom. The maximum Gasteiger partial charge on any atom is 0.407 e. The zero-order valence-electron chi connectivity index (χ0n) is 16.3. The van der Waals surface area contributed by atoms with Gasteiger partial charge in [0.1, 0.15) is 0 Å². The van der Waals surface area contributed by atoms with Gasteiger partial charge in [-0.3, -0.25) is 14.8 Å². The van der Waals surface area contributed by atoms with E-state index in [1.54, 1.807) is 10.4 Å². The predicted molar refractivity (Wildman–Crippen MR) is 105 cm³/mol. The largest absolute Gasteiger partial charge is 0.465 e. The summed E-state index contributed by atoms with van der Waals surface area (Å²) in [5.41, 5.74) is 2.72. The van der Waals surface area contributed by atoms with Crippen LogP contribution < -0.4 is 15.7 Å². The number of para-hydroxylation sites is 1. The highest BCUT2D eigenvalue weighted by molar-refractivity contribution is 5.90. The molecule has 158 valence electrons. The minimum absolute atomic E-state index is 0.155. The van der Waals surface area contributed by atoms with E-state index in [4.69, 9.17) is 5.21 Å². The lowest BCUT2D eigenvalue weighted by molar-refractivity contribution is -0.144. The van der Waals surface area contributed by atoms with E-state index in [9.17, 15) is 19.5 Å². The van der Waals surface area contributed by atoms with Gasteiger partial charge in [-0.15, -0.1) is 0 Å². The number of carbonyl (C=O) groups is 3. The molecule has 4 N–H and O–H groups in total. The van der Waals surface area contributed by atoms with Crippen molar-refractivity contribution in [2.45, 2.75) is 18.5 Å². The van der Waals surface area contributed by atoms with Crippen molar-refractivity contribution in [1.29, 1.82) is 0 Å². The van der Waals surface area contributed by atoms with Gasteiger partial charge in [-0.25, -0.2) is 10.3 Å². The van der Waals surface area contributed by atoms with Crippen LogP contribution in [0.5, 0.6) is 0 Å². The van der Waals surface area contributed by atoms with Crippen LogP contribution in [0.2, 0.25) is 0 Å². The Balaban J connectivity index is 1.64. The van der Waals surface area contributed by atoms with Gasteiger partial charge in [0.05, 0.1) is 12.0 Å². The zero-order chi connectivity index (χ0) is 21.0. The monoisotopic (exact) mass is 405 g/mol. The fraction of sp³-hybridized carbons (Fsp3) is 0.526. The number of nitrogens with one attached hydrogen (secondary N) is 2. The lowest BCUT2D eigenvalue weighted by Crippen LogP contribution is -2.63. The molecule has 2 aliphatic rings. The van der Waals surface area contributed by atoms with E-state index in [1.807, 2.05) is 30.3 Å². The molecule has 0 aliphatic carbocycles. The van der Waals surface area contributed by atoms with E-state index in [2.05, 4.69) is 10.2 Å². The Morgan fingerprint density at radius 2 is 1.79 bits per heavy atom. The highest BCUT2D eigenvalue weighted by Crippen LogP contribution is 2.23. The van der Waals surface area contributed by atoms with Crippen LogP contribution in [-0.2, 0) is 9.59 Å². The van der Waals surface area contributed by atoms with Gasteiger partial charge < -0.3 is 25.1 Å². The predicted octanol–water partition coefficient (Wildman–Crippen LogP) is -0.203. The zero-order valence-corrected chi connectivity index (χ0v) is 16.3. The molecular weight excluding hydrogens is 378 g/mol. The standard InChI is InChI=1S/C19H27N5O5/c1-22(19(27)28)14-11-15(17(25)21-29)16(20-12-14)18(26)24-9-7-23(8-10-24)13-5-3-2-4-6-13/h2-6,14-16,20,29H,7-12H2,1H3,(H,21,25)(H,27,28)/t14?,15-,16-/m0/s1. The van der Waals surface area contributed by atoms with Gasteiger partial charge in [-0.05, 0) is 18.6 Å². The fourth-order valence-electron chi connectivity index (χ4n) is 3.99. The van der Waals surface area contributed by atoms with Gasteiger partial charge in [0.2, 0.25) is 11.8 Å². The number of piperazine rings is 1. The topological polar surface area (TPSA) is 125 Å². The molecule has 2 saturated heterocycles. The average molecular weight is 405 g/mol. The first-order valence-electron chi connectivity index (χ1n) is 9.64. The normalized spacial score (nSPS) is 24.7. The van der Waals surface area contributed by atoms with Crippen molar-refractivity contribution in [2.75, 3.05) is 44.7 Å². The number of rotatable bonds is 4. The Hall–Kier alpha value is -2.85. The summed E-state index contributed by atoms with van der Waals surface area (Å²) in [5, 5.41) is 21.3. The molecule has 2 aliphatic heterocycles. The molecule has 2 heterocycles. The van der Waals surface area contributed by atoms with Crippen LogP contribution in [0.1, 0.15) is 6.42 Å². The number of benzene rings is 1. The second-order valence-electron chi connectivity index (χ2n) is 7.40. The van der Waals surface area contributed by atoms with Crippen LogP contribution in [0, 0.1) is 5.92 Å². The first-order valence-corrected chi connectivity index (χ1v) is 9.64. The number of carbonyl (C=O) groups excluding carboxylic acids is 2. The van der Waals surface area contributed by atoms with Crippen molar-refractivity contribution < 1.29 is 24.7 Å². The Bertz CT molecular complexity index is 738. The van der Waals surface area contributed by atoms with Crippen molar-refractivity contribution in [3.63, 3.8) is 0 Å². The fourth-order valence-corrected chi connectivity index (χ4v) is 3.99.